The van der Waals surface area contributed by atoms with Gasteiger partial charge in [0.2, 0.25) is 0 Å². The molecule has 1 saturated heterocycles. The van der Waals surface area contributed by atoms with E-state index in [1.807, 2.05) is 49.4 Å². The molecule has 0 bridgehead atoms. The fraction of sp³-hybridized carbons (Fsp3) is 0.0667. The predicted molar refractivity (Wildman–Crippen MR) is 77.7 cm³/mol. The van der Waals surface area contributed by atoms with E-state index in [0.29, 0.717) is 4.91 Å². The van der Waals surface area contributed by atoms with Crippen molar-refractivity contribution in [2.45, 2.75) is 6.92 Å². The van der Waals surface area contributed by atoms with Gasteiger partial charge in [-0.15, -0.1) is 0 Å². The van der Waals surface area contributed by atoms with Gasteiger partial charge in [0.15, 0.2) is 0 Å². The third-order valence-corrected chi connectivity index (χ3v) is 4.12. The summed E-state index contributed by atoms with van der Waals surface area (Å²) in [5.41, 5.74) is 1.80. The summed E-state index contributed by atoms with van der Waals surface area (Å²) in [6.45, 7) is 1.87. The van der Waals surface area contributed by atoms with Crippen LogP contribution in [0.3, 0.4) is 0 Å². The number of benzene rings is 2. The summed E-state index contributed by atoms with van der Waals surface area (Å²) in [6.07, 6.45) is 0. The van der Waals surface area contributed by atoms with Gasteiger partial charge in [0, 0.05) is 0 Å². The molecule has 0 unspecified atom stereocenters. The quantitative estimate of drug-likeness (QED) is 0.805. The van der Waals surface area contributed by atoms with Crippen LogP contribution in [-0.4, -0.2) is 11.1 Å². The Kier molecular flexibility index (Phi) is 2.87. The molecule has 0 saturated carbocycles. The van der Waals surface area contributed by atoms with Crippen LogP contribution in [0, 0.1) is 0 Å². The second-order valence-corrected chi connectivity index (χ2v) is 5.34. The Morgan fingerprint density at radius 3 is 2.47 bits per heavy atom. The highest BCUT2D eigenvalue weighted by Gasteiger charge is 2.27. The lowest BCUT2D eigenvalue weighted by molar-refractivity contribution is -0.115. The molecule has 1 heterocycles. The molecule has 94 valence electrons. The summed E-state index contributed by atoms with van der Waals surface area (Å²) in [6, 6.07) is 14.1. The number of hydrogen-bond acceptors (Lipinski definition) is 3. The van der Waals surface area contributed by atoms with Gasteiger partial charge in [0.05, 0.1) is 4.91 Å². The molecule has 19 heavy (non-hydrogen) atoms. The van der Waals surface area contributed by atoms with Crippen LogP contribution in [0.25, 0.3) is 16.3 Å². The number of thioether (sulfide) groups is 1. The van der Waals surface area contributed by atoms with Crippen LogP contribution in [0.1, 0.15) is 12.5 Å². The van der Waals surface area contributed by atoms with Crippen LogP contribution in [0.4, 0.5) is 4.79 Å². The smallest absolute Gasteiger partial charge is 0.282 e. The zero-order valence-corrected chi connectivity index (χ0v) is 11.1. The Labute approximate surface area is 114 Å². The van der Waals surface area contributed by atoms with E-state index in [-0.39, 0.29) is 11.1 Å². The standard InChI is InChI=1S/C15H11NO2S/c1-9(13-14(17)16-15(18)19-13)11-7-6-10-4-2-3-5-12(10)8-11/h2-8H,1H3,(H,16,17,18)/b13-9-. The van der Waals surface area contributed by atoms with E-state index in [0.717, 1.165) is 33.7 Å². The van der Waals surface area contributed by atoms with Crippen molar-refractivity contribution in [2.24, 2.45) is 0 Å². The normalized spacial score (nSPS) is 17.7. The molecule has 0 aliphatic carbocycles. The SMILES string of the molecule is C/C(=C1/SC(=O)NC1=O)c1ccc2ccccc2c1. The van der Waals surface area contributed by atoms with Crippen LogP contribution >= 0.6 is 11.8 Å². The lowest BCUT2D eigenvalue weighted by atomic mass is 10.0. The van der Waals surface area contributed by atoms with Gasteiger partial charge in [-0.2, -0.15) is 0 Å². The molecule has 0 atom stereocenters. The van der Waals surface area contributed by atoms with E-state index in [1.54, 1.807) is 0 Å². The van der Waals surface area contributed by atoms with Crippen molar-refractivity contribution in [3.63, 3.8) is 0 Å². The Hall–Kier alpha value is -2.07. The first-order valence-electron chi connectivity index (χ1n) is 5.88. The van der Waals surface area contributed by atoms with E-state index >= 15 is 0 Å². The van der Waals surface area contributed by atoms with Crippen LogP contribution in [-0.2, 0) is 4.79 Å². The molecule has 2 amide bonds. The molecule has 2 aromatic carbocycles. The van der Waals surface area contributed by atoms with E-state index in [9.17, 15) is 9.59 Å². The highest BCUT2D eigenvalue weighted by atomic mass is 32.2. The third-order valence-electron chi connectivity index (χ3n) is 3.14. The van der Waals surface area contributed by atoms with Gasteiger partial charge in [-0.25, -0.2) is 0 Å². The van der Waals surface area contributed by atoms with E-state index in [1.165, 1.54) is 0 Å². The maximum Gasteiger partial charge on any atom is 0.290 e. The predicted octanol–water partition coefficient (Wildman–Crippen LogP) is 3.55. The average Bonchev–Trinajstić information content (AvgIpc) is 2.76. The molecule has 3 rings (SSSR count). The van der Waals surface area contributed by atoms with Gasteiger partial charge in [0.1, 0.15) is 0 Å². The number of carbonyl (C=O) groups excluding carboxylic acids is 2. The summed E-state index contributed by atoms with van der Waals surface area (Å²) < 4.78 is 0. The molecule has 0 radical (unpaired) electrons. The molecule has 2 aromatic rings. The lowest BCUT2D eigenvalue weighted by Gasteiger charge is -2.05. The Morgan fingerprint density at radius 2 is 1.79 bits per heavy atom. The summed E-state index contributed by atoms with van der Waals surface area (Å²) in [7, 11) is 0. The Morgan fingerprint density at radius 1 is 1.05 bits per heavy atom. The highest BCUT2D eigenvalue weighted by Crippen LogP contribution is 2.32. The lowest BCUT2D eigenvalue weighted by Crippen LogP contribution is -2.18. The first-order valence-corrected chi connectivity index (χ1v) is 6.70. The summed E-state index contributed by atoms with van der Waals surface area (Å²) in [4.78, 5) is 23.3. The number of hydrogen-bond donors (Lipinski definition) is 1. The van der Waals surface area contributed by atoms with Crippen LogP contribution < -0.4 is 5.32 Å². The molecule has 3 nitrogen and oxygen atoms in total. The molecule has 1 aliphatic rings. The molecular formula is C15H11NO2S. The largest absolute Gasteiger partial charge is 0.290 e. The second-order valence-electron chi connectivity index (χ2n) is 4.36. The van der Waals surface area contributed by atoms with Crippen molar-refractivity contribution in [1.29, 1.82) is 0 Å². The molecule has 0 spiro atoms. The van der Waals surface area contributed by atoms with Gasteiger partial charge in [-0.1, -0.05) is 36.4 Å². The van der Waals surface area contributed by atoms with Crippen molar-refractivity contribution in [2.75, 3.05) is 0 Å². The van der Waals surface area contributed by atoms with Crippen molar-refractivity contribution in [1.82, 2.24) is 5.32 Å². The van der Waals surface area contributed by atoms with Crippen molar-refractivity contribution >= 4 is 39.3 Å². The van der Waals surface area contributed by atoms with Gasteiger partial charge in [-0.3, -0.25) is 14.9 Å². The monoisotopic (exact) mass is 269 g/mol. The number of allylic oxidation sites excluding steroid dienone is 1. The minimum Gasteiger partial charge on any atom is -0.282 e. The molecule has 0 aromatic heterocycles. The third kappa shape index (κ3) is 2.15. The first kappa shape index (κ1) is 12.0. The topological polar surface area (TPSA) is 46.2 Å². The van der Waals surface area contributed by atoms with Crippen molar-refractivity contribution in [3.05, 3.63) is 52.9 Å². The van der Waals surface area contributed by atoms with E-state index < -0.39 is 0 Å². The average molecular weight is 269 g/mol. The first-order chi connectivity index (χ1) is 9.15. The number of amides is 2. The van der Waals surface area contributed by atoms with Crippen LogP contribution in [0.2, 0.25) is 0 Å². The fourth-order valence-electron chi connectivity index (χ4n) is 2.11. The maximum atomic E-state index is 11.7. The molecule has 4 heteroatoms. The summed E-state index contributed by atoms with van der Waals surface area (Å²) in [5, 5.41) is 4.25. The van der Waals surface area contributed by atoms with Crippen LogP contribution in [0.5, 0.6) is 0 Å². The minimum atomic E-state index is -0.305. The Bertz CT molecular complexity index is 734. The second kappa shape index (κ2) is 4.55. The van der Waals surface area contributed by atoms with Gasteiger partial charge in [0.25, 0.3) is 11.1 Å². The zero-order valence-electron chi connectivity index (χ0n) is 10.3. The molecule has 1 fully saturated rings. The minimum absolute atomic E-state index is 0.305. The van der Waals surface area contributed by atoms with E-state index in [4.69, 9.17) is 0 Å². The number of carbonyl (C=O) groups is 2. The summed E-state index contributed by atoms with van der Waals surface area (Å²) in [5.74, 6) is -0.305. The fourth-order valence-corrected chi connectivity index (χ4v) is 2.86. The number of nitrogens with one attached hydrogen (secondary N) is 1. The van der Waals surface area contributed by atoms with Gasteiger partial charge in [-0.05, 0) is 46.7 Å². The zero-order chi connectivity index (χ0) is 13.4. The number of fused-ring (bicyclic) bond motifs is 1. The molecule has 1 aliphatic heterocycles. The van der Waals surface area contributed by atoms with Crippen LogP contribution in [0.15, 0.2) is 47.4 Å². The number of imide groups is 1. The number of rotatable bonds is 1. The van der Waals surface area contributed by atoms with Crippen molar-refractivity contribution in [3.8, 4) is 0 Å². The maximum absolute atomic E-state index is 11.7. The van der Waals surface area contributed by atoms with Gasteiger partial charge >= 0.3 is 0 Å². The molecular weight excluding hydrogens is 258 g/mol. The van der Waals surface area contributed by atoms with Gasteiger partial charge < -0.3 is 0 Å². The molecule has 1 N–H and O–H groups in total. The van der Waals surface area contributed by atoms with E-state index in [2.05, 4.69) is 5.32 Å². The Balaban J connectivity index is 2.11. The highest BCUT2D eigenvalue weighted by molar-refractivity contribution is 8.18. The summed E-state index contributed by atoms with van der Waals surface area (Å²) >= 11 is 0.962. The van der Waals surface area contributed by atoms with Crippen molar-refractivity contribution < 1.29 is 9.59 Å².